The van der Waals surface area contributed by atoms with Crippen LogP contribution in [0.15, 0.2) is 35.3 Å². The number of carbonyl (C=O) groups excluding carboxylic acids is 2. The number of hydrogen-bond acceptors (Lipinski definition) is 4. The van der Waals surface area contributed by atoms with Crippen molar-refractivity contribution in [1.82, 2.24) is 4.90 Å². The molecule has 6 heteroatoms. The van der Waals surface area contributed by atoms with Gasteiger partial charge in [0, 0.05) is 5.69 Å². The van der Waals surface area contributed by atoms with E-state index in [1.165, 1.54) is 11.8 Å². The average molecular weight is 261 g/mol. The molecule has 0 radical (unpaired) electrons. The van der Waals surface area contributed by atoms with Gasteiger partial charge in [0.05, 0.1) is 5.88 Å². The first-order valence-electron chi connectivity index (χ1n) is 5.59. The lowest BCUT2D eigenvalue weighted by Crippen LogP contribution is -2.51. The Morgan fingerprint density at radius 3 is 2.72 bits per heavy atom. The van der Waals surface area contributed by atoms with Crippen molar-refractivity contribution in [2.45, 2.75) is 6.42 Å². The Labute approximate surface area is 108 Å². The molecule has 1 aromatic rings. The number of amidine groups is 1. The molecule has 0 atom stereocenters. The first-order chi connectivity index (χ1) is 8.74. The largest absolute Gasteiger partial charge is 0.344 e. The Morgan fingerprint density at radius 2 is 1.94 bits per heavy atom. The number of nitrogens with zero attached hydrogens (tertiary/aromatic N) is 3. The zero-order valence-electron chi connectivity index (χ0n) is 9.57. The van der Waals surface area contributed by atoms with E-state index in [-0.39, 0.29) is 18.2 Å². The molecule has 0 spiro atoms. The molecule has 2 amide bonds. The van der Waals surface area contributed by atoms with Crippen LogP contribution in [-0.2, 0) is 9.59 Å². The number of carbonyl (C=O) groups is 2. The Kier molecular flexibility index (Phi) is 2.79. The SMILES string of the molecule is O=C1CC(=O)N2CN(c3ccccc3)CSC2=N1. The van der Waals surface area contributed by atoms with Crippen LogP contribution in [0, 0.1) is 0 Å². The van der Waals surface area contributed by atoms with Gasteiger partial charge in [0.2, 0.25) is 5.91 Å². The third kappa shape index (κ3) is 1.99. The molecule has 1 aromatic carbocycles. The first kappa shape index (κ1) is 11.3. The molecule has 0 aromatic heterocycles. The zero-order chi connectivity index (χ0) is 12.5. The van der Waals surface area contributed by atoms with Crippen LogP contribution in [-0.4, -0.2) is 34.4 Å². The summed E-state index contributed by atoms with van der Waals surface area (Å²) in [5.41, 5.74) is 1.06. The summed E-state index contributed by atoms with van der Waals surface area (Å²) in [6.45, 7) is 0.460. The van der Waals surface area contributed by atoms with Crippen LogP contribution >= 0.6 is 11.8 Å². The number of aliphatic imine (C=N–C) groups is 1. The van der Waals surface area contributed by atoms with E-state index in [4.69, 9.17) is 0 Å². The summed E-state index contributed by atoms with van der Waals surface area (Å²) < 4.78 is 0. The Balaban J connectivity index is 1.84. The minimum absolute atomic E-state index is 0.118. The number of thioether (sulfide) groups is 1. The summed E-state index contributed by atoms with van der Waals surface area (Å²) in [4.78, 5) is 30.6. The van der Waals surface area contributed by atoms with Gasteiger partial charge in [-0.2, -0.15) is 4.99 Å². The van der Waals surface area contributed by atoms with Crippen LogP contribution < -0.4 is 4.90 Å². The van der Waals surface area contributed by atoms with Crippen LogP contribution in [0.5, 0.6) is 0 Å². The number of rotatable bonds is 1. The van der Waals surface area contributed by atoms with Gasteiger partial charge in [0.25, 0.3) is 5.91 Å². The Hall–Kier alpha value is -1.82. The van der Waals surface area contributed by atoms with E-state index in [0.717, 1.165) is 5.69 Å². The molecule has 0 saturated carbocycles. The molecule has 1 fully saturated rings. The lowest BCUT2D eigenvalue weighted by Gasteiger charge is -2.38. The van der Waals surface area contributed by atoms with Gasteiger partial charge in [0.1, 0.15) is 13.1 Å². The van der Waals surface area contributed by atoms with E-state index in [1.807, 2.05) is 30.3 Å². The summed E-state index contributed by atoms with van der Waals surface area (Å²) in [6, 6.07) is 9.89. The maximum Gasteiger partial charge on any atom is 0.257 e. The maximum atomic E-state index is 11.8. The van der Waals surface area contributed by atoms with Gasteiger partial charge < -0.3 is 4.90 Å². The number of para-hydroxylation sites is 1. The summed E-state index contributed by atoms with van der Waals surface area (Å²) in [5.74, 6) is 0.185. The van der Waals surface area contributed by atoms with E-state index >= 15 is 0 Å². The highest BCUT2D eigenvalue weighted by Crippen LogP contribution is 2.26. The smallest absolute Gasteiger partial charge is 0.257 e. The molecular weight excluding hydrogens is 250 g/mol. The summed E-state index contributed by atoms with van der Waals surface area (Å²) in [7, 11) is 0. The second kappa shape index (κ2) is 4.45. The zero-order valence-corrected chi connectivity index (χ0v) is 10.4. The summed E-state index contributed by atoms with van der Waals surface area (Å²) in [5, 5.41) is 0.531. The minimum Gasteiger partial charge on any atom is -0.344 e. The van der Waals surface area contributed by atoms with Crippen LogP contribution in [0.25, 0.3) is 0 Å². The average Bonchev–Trinajstić information content (AvgIpc) is 2.39. The molecule has 0 aliphatic carbocycles. The predicted octanol–water partition coefficient (Wildman–Crippen LogP) is 1.27. The number of anilines is 1. The molecule has 1 saturated heterocycles. The van der Waals surface area contributed by atoms with Crippen molar-refractivity contribution in [3.05, 3.63) is 30.3 Å². The number of hydrogen-bond donors (Lipinski definition) is 0. The van der Waals surface area contributed by atoms with Crippen molar-refractivity contribution in [2.75, 3.05) is 17.4 Å². The third-order valence-corrected chi connectivity index (χ3v) is 3.85. The molecule has 0 unspecified atom stereocenters. The van der Waals surface area contributed by atoms with E-state index in [0.29, 0.717) is 17.7 Å². The fourth-order valence-corrected chi connectivity index (χ4v) is 2.91. The topological polar surface area (TPSA) is 53.0 Å². The van der Waals surface area contributed by atoms with Gasteiger partial charge in [-0.15, -0.1) is 0 Å². The number of fused-ring (bicyclic) bond motifs is 1. The second-order valence-electron chi connectivity index (χ2n) is 4.08. The third-order valence-electron chi connectivity index (χ3n) is 2.84. The molecule has 5 nitrogen and oxygen atoms in total. The Morgan fingerprint density at radius 1 is 1.17 bits per heavy atom. The number of amides is 2. The van der Waals surface area contributed by atoms with Gasteiger partial charge in [-0.05, 0) is 12.1 Å². The molecule has 0 bridgehead atoms. The summed E-state index contributed by atoms with van der Waals surface area (Å²) >= 11 is 1.42. The molecule has 2 aliphatic rings. The van der Waals surface area contributed by atoms with Crippen LogP contribution in [0.3, 0.4) is 0 Å². The van der Waals surface area contributed by atoms with E-state index in [9.17, 15) is 9.59 Å². The highest BCUT2D eigenvalue weighted by Gasteiger charge is 2.33. The lowest BCUT2D eigenvalue weighted by molar-refractivity contribution is -0.133. The fraction of sp³-hybridized carbons (Fsp3) is 0.250. The summed E-state index contributed by atoms with van der Waals surface area (Å²) in [6.07, 6.45) is -0.118. The lowest BCUT2D eigenvalue weighted by atomic mass is 10.3. The van der Waals surface area contributed by atoms with E-state index in [2.05, 4.69) is 9.89 Å². The van der Waals surface area contributed by atoms with Crippen LogP contribution in [0.2, 0.25) is 0 Å². The van der Waals surface area contributed by atoms with Crippen molar-refractivity contribution in [1.29, 1.82) is 0 Å². The monoisotopic (exact) mass is 261 g/mol. The molecule has 0 N–H and O–H groups in total. The molecule has 2 aliphatic heterocycles. The van der Waals surface area contributed by atoms with Crippen molar-refractivity contribution in [3.63, 3.8) is 0 Å². The quantitative estimate of drug-likeness (QED) is 0.714. The molecular formula is C12H11N3O2S. The van der Waals surface area contributed by atoms with E-state index < -0.39 is 0 Å². The second-order valence-corrected chi connectivity index (χ2v) is 4.99. The van der Waals surface area contributed by atoms with Gasteiger partial charge in [0.15, 0.2) is 5.17 Å². The van der Waals surface area contributed by atoms with Crippen LogP contribution in [0.1, 0.15) is 6.42 Å². The standard InChI is InChI=1S/C12H11N3O2S/c16-10-6-11(17)15-7-14(8-18-12(15)13-10)9-4-2-1-3-5-9/h1-5H,6-8H2. The molecule has 3 rings (SSSR count). The van der Waals surface area contributed by atoms with Crippen LogP contribution in [0.4, 0.5) is 5.69 Å². The molecule has 92 valence electrons. The van der Waals surface area contributed by atoms with Crippen molar-refractivity contribution < 1.29 is 9.59 Å². The molecule has 18 heavy (non-hydrogen) atoms. The predicted molar refractivity (Wildman–Crippen MR) is 70.2 cm³/mol. The highest BCUT2D eigenvalue weighted by molar-refractivity contribution is 8.14. The van der Waals surface area contributed by atoms with Crippen molar-refractivity contribution in [3.8, 4) is 0 Å². The maximum absolute atomic E-state index is 11.8. The Bertz CT molecular complexity index is 529. The normalized spacial score (nSPS) is 19.7. The fourth-order valence-electron chi connectivity index (χ4n) is 1.93. The van der Waals surface area contributed by atoms with Crippen molar-refractivity contribution >= 4 is 34.4 Å². The van der Waals surface area contributed by atoms with Gasteiger partial charge >= 0.3 is 0 Å². The van der Waals surface area contributed by atoms with Crippen molar-refractivity contribution in [2.24, 2.45) is 4.99 Å². The molecule has 2 heterocycles. The van der Waals surface area contributed by atoms with E-state index in [1.54, 1.807) is 4.90 Å². The first-order valence-corrected chi connectivity index (χ1v) is 6.57. The van der Waals surface area contributed by atoms with Gasteiger partial charge in [-0.3, -0.25) is 14.5 Å². The van der Waals surface area contributed by atoms with Gasteiger partial charge in [-0.1, -0.05) is 30.0 Å². The highest BCUT2D eigenvalue weighted by atomic mass is 32.2. The van der Waals surface area contributed by atoms with Gasteiger partial charge in [-0.25, -0.2) is 0 Å². The number of benzene rings is 1. The minimum atomic E-state index is -0.341.